The molecule has 110 valence electrons. The van der Waals surface area contributed by atoms with E-state index in [1.165, 1.54) is 31.4 Å². The highest BCUT2D eigenvalue weighted by atomic mass is 35.5. The molecule has 21 heavy (non-hydrogen) atoms. The van der Waals surface area contributed by atoms with Gasteiger partial charge in [-0.15, -0.1) is 0 Å². The fraction of sp³-hybridized carbons (Fsp3) is 0.143. The van der Waals surface area contributed by atoms with Crippen LogP contribution in [0.2, 0.25) is 5.02 Å². The Kier molecular flexibility index (Phi) is 4.59. The molecule has 2 aromatic carbocycles. The monoisotopic (exact) mass is 310 g/mol. The summed E-state index contributed by atoms with van der Waals surface area (Å²) < 4.78 is 17.9. The maximum atomic E-state index is 12.9. The van der Waals surface area contributed by atoms with E-state index in [0.29, 0.717) is 22.8 Å². The first-order chi connectivity index (χ1) is 10.0. The van der Waals surface area contributed by atoms with Crippen LogP contribution in [0, 0.1) is 15.9 Å². The largest absolute Gasteiger partial charge is 0.490 e. The van der Waals surface area contributed by atoms with Crippen molar-refractivity contribution in [3.8, 4) is 5.75 Å². The predicted octanol–water partition coefficient (Wildman–Crippen LogP) is 4.01. The van der Waals surface area contributed by atoms with Crippen LogP contribution in [0.1, 0.15) is 5.56 Å². The van der Waals surface area contributed by atoms with Crippen LogP contribution in [-0.4, -0.2) is 12.0 Å². The summed E-state index contributed by atoms with van der Waals surface area (Å²) >= 11 is 5.92. The van der Waals surface area contributed by atoms with Crippen LogP contribution in [0.4, 0.5) is 15.8 Å². The molecule has 0 aliphatic rings. The molecule has 7 heteroatoms. The van der Waals surface area contributed by atoms with Gasteiger partial charge in [0.1, 0.15) is 5.82 Å². The second-order valence-corrected chi connectivity index (χ2v) is 4.64. The number of halogens is 2. The Bertz CT molecular complexity index is 679. The zero-order valence-electron chi connectivity index (χ0n) is 11.1. The third-order valence-corrected chi connectivity index (χ3v) is 3.23. The normalized spacial score (nSPS) is 10.2. The number of hydrogen-bond acceptors (Lipinski definition) is 4. The first kappa shape index (κ1) is 15.1. The average molecular weight is 311 g/mol. The number of nitro benzene ring substituents is 1. The highest BCUT2D eigenvalue weighted by molar-refractivity contribution is 6.31. The summed E-state index contributed by atoms with van der Waals surface area (Å²) in [7, 11) is 1.37. The van der Waals surface area contributed by atoms with Gasteiger partial charge < -0.3 is 10.1 Å². The number of hydrogen-bond donors (Lipinski definition) is 1. The van der Waals surface area contributed by atoms with E-state index in [9.17, 15) is 14.5 Å². The van der Waals surface area contributed by atoms with Crippen molar-refractivity contribution in [2.24, 2.45) is 0 Å². The van der Waals surface area contributed by atoms with Gasteiger partial charge >= 0.3 is 5.69 Å². The zero-order valence-corrected chi connectivity index (χ0v) is 11.9. The van der Waals surface area contributed by atoms with Crippen molar-refractivity contribution in [3.05, 3.63) is 62.9 Å². The first-order valence-corrected chi connectivity index (χ1v) is 6.39. The lowest BCUT2D eigenvalue weighted by molar-refractivity contribution is -0.385. The molecule has 0 aromatic heterocycles. The summed E-state index contributed by atoms with van der Waals surface area (Å²) in [6.45, 7) is 0.322. The minimum Gasteiger partial charge on any atom is -0.490 e. The van der Waals surface area contributed by atoms with E-state index in [4.69, 9.17) is 16.3 Å². The molecule has 0 bridgehead atoms. The Balaban J connectivity index is 2.16. The molecule has 2 aromatic rings. The van der Waals surface area contributed by atoms with Gasteiger partial charge in [0.05, 0.1) is 12.0 Å². The molecule has 5 nitrogen and oxygen atoms in total. The van der Waals surface area contributed by atoms with Gasteiger partial charge in [0.15, 0.2) is 5.75 Å². The number of ether oxygens (including phenoxy) is 1. The average Bonchev–Trinajstić information content (AvgIpc) is 2.46. The van der Waals surface area contributed by atoms with E-state index >= 15 is 0 Å². The molecule has 0 spiro atoms. The molecule has 2 rings (SSSR count). The molecule has 0 amide bonds. The molecule has 0 fully saturated rings. The van der Waals surface area contributed by atoms with Crippen LogP contribution >= 0.6 is 11.6 Å². The number of methoxy groups -OCH3 is 1. The van der Waals surface area contributed by atoms with Crippen LogP contribution in [0.15, 0.2) is 36.4 Å². The molecule has 0 atom stereocenters. The molecule has 0 radical (unpaired) electrons. The van der Waals surface area contributed by atoms with E-state index in [1.807, 2.05) is 0 Å². The molecule has 1 N–H and O–H groups in total. The van der Waals surface area contributed by atoms with Crippen molar-refractivity contribution in [1.82, 2.24) is 0 Å². The number of nitrogens with one attached hydrogen (secondary N) is 1. The van der Waals surface area contributed by atoms with Crippen molar-refractivity contribution in [3.63, 3.8) is 0 Å². The van der Waals surface area contributed by atoms with E-state index in [0.717, 1.165) is 0 Å². The third kappa shape index (κ3) is 3.61. The van der Waals surface area contributed by atoms with Gasteiger partial charge in [0.2, 0.25) is 0 Å². The maximum Gasteiger partial charge on any atom is 0.312 e. The van der Waals surface area contributed by atoms with Gasteiger partial charge in [-0.1, -0.05) is 17.7 Å². The van der Waals surface area contributed by atoms with Crippen LogP contribution in [0.25, 0.3) is 0 Å². The topological polar surface area (TPSA) is 64.4 Å². The number of nitrogens with zero attached hydrogens (tertiary/aromatic N) is 1. The van der Waals surface area contributed by atoms with Gasteiger partial charge in [0, 0.05) is 23.3 Å². The highest BCUT2D eigenvalue weighted by Crippen LogP contribution is 2.30. The molecule has 0 unspecified atom stereocenters. The van der Waals surface area contributed by atoms with Crippen molar-refractivity contribution in [2.75, 3.05) is 12.4 Å². The van der Waals surface area contributed by atoms with Crippen molar-refractivity contribution >= 4 is 23.0 Å². The fourth-order valence-electron chi connectivity index (χ4n) is 1.80. The minimum atomic E-state index is -0.519. The van der Waals surface area contributed by atoms with Crippen LogP contribution < -0.4 is 10.1 Å². The Hall–Kier alpha value is -2.34. The minimum absolute atomic E-state index is 0.132. The Morgan fingerprint density at radius 3 is 2.71 bits per heavy atom. The van der Waals surface area contributed by atoms with Crippen molar-refractivity contribution in [1.29, 1.82) is 0 Å². The van der Waals surface area contributed by atoms with Gasteiger partial charge in [-0.3, -0.25) is 10.1 Å². The summed E-state index contributed by atoms with van der Waals surface area (Å²) in [5.41, 5.74) is 1.10. The number of benzene rings is 2. The van der Waals surface area contributed by atoms with Gasteiger partial charge in [0.25, 0.3) is 0 Å². The van der Waals surface area contributed by atoms with E-state index in [-0.39, 0.29) is 11.4 Å². The summed E-state index contributed by atoms with van der Waals surface area (Å²) in [5.74, 6) is -0.228. The molecule has 0 saturated heterocycles. The Morgan fingerprint density at radius 1 is 1.33 bits per heavy atom. The predicted molar refractivity (Wildman–Crippen MR) is 78.4 cm³/mol. The van der Waals surface area contributed by atoms with Gasteiger partial charge in [-0.05, 0) is 29.8 Å². The second-order valence-electron chi connectivity index (χ2n) is 4.23. The standard InChI is InChI=1S/C14H12ClFN2O3/c1-21-14-5-4-11(7-13(14)18(19)20)17-8-9-2-3-10(16)6-12(9)15/h2-7,17H,8H2,1H3. The zero-order chi connectivity index (χ0) is 15.4. The quantitative estimate of drug-likeness (QED) is 0.669. The number of anilines is 1. The van der Waals surface area contributed by atoms with E-state index in [2.05, 4.69) is 5.32 Å². The molecule has 0 aliphatic heterocycles. The molecule has 0 heterocycles. The lowest BCUT2D eigenvalue weighted by Crippen LogP contribution is -2.02. The summed E-state index contributed by atoms with van der Waals surface area (Å²) in [6.07, 6.45) is 0. The van der Waals surface area contributed by atoms with Crippen LogP contribution in [-0.2, 0) is 6.54 Å². The smallest absolute Gasteiger partial charge is 0.312 e. The van der Waals surface area contributed by atoms with Gasteiger partial charge in [-0.2, -0.15) is 0 Å². The van der Waals surface area contributed by atoms with Crippen LogP contribution in [0.3, 0.4) is 0 Å². The molecular weight excluding hydrogens is 299 g/mol. The number of rotatable bonds is 5. The van der Waals surface area contributed by atoms with E-state index in [1.54, 1.807) is 12.1 Å². The summed E-state index contributed by atoms with van der Waals surface area (Å²) in [4.78, 5) is 10.4. The number of nitro groups is 1. The lowest BCUT2D eigenvalue weighted by atomic mass is 10.2. The fourth-order valence-corrected chi connectivity index (χ4v) is 2.04. The lowest BCUT2D eigenvalue weighted by Gasteiger charge is -2.09. The molecular formula is C14H12ClFN2O3. The Morgan fingerprint density at radius 2 is 2.10 bits per heavy atom. The third-order valence-electron chi connectivity index (χ3n) is 2.87. The van der Waals surface area contributed by atoms with E-state index < -0.39 is 10.7 Å². The van der Waals surface area contributed by atoms with Gasteiger partial charge in [-0.25, -0.2) is 4.39 Å². The molecule has 0 aliphatic carbocycles. The SMILES string of the molecule is COc1ccc(NCc2ccc(F)cc2Cl)cc1[N+](=O)[O-]. The highest BCUT2D eigenvalue weighted by Gasteiger charge is 2.15. The van der Waals surface area contributed by atoms with Crippen molar-refractivity contribution in [2.45, 2.75) is 6.54 Å². The summed E-state index contributed by atoms with van der Waals surface area (Å²) in [6, 6.07) is 8.61. The maximum absolute atomic E-state index is 12.9. The Labute approximate surface area is 125 Å². The second kappa shape index (κ2) is 6.41. The van der Waals surface area contributed by atoms with Crippen molar-refractivity contribution < 1.29 is 14.1 Å². The molecule has 0 saturated carbocycles. The summed E-state index contributed by atoms with van der Waals surface area (Å²) in [5, 5.41) is 14.2. The first-order valence-electron chi connectivity index (χ1n) is 6.01. The van der Waals surface area contributed by atoms with Crippen LogP contribution in [0.5, 0.6) is 5.75 Å².